The lowest BCUT2D eigenvalue weighted by Gasteiger charge is -2.09. The van der Waals surface area contributed by atoms with E-state index < -0.39 is 0 Å². The number of nitrogen functional groups attached to an aromatic ring is 1. The molecule has 2 aromatic carbocycles. The second-order valence-corrected chi connectivity index (χ2v) is 5.16. The summed E-state index contributed by atoms with van der Waals surface area (Å²) in [6.45, 7) is 0. The van der Waals surface area contributed by atoms with Crippen LogP contribution in [0.1, 0.15) is 11.1 Å². The van der Waals surface area contributed by atoms with E-state index in [1.165, 1.54) is 28.6 Å². The third-order valence-corrected chi connectivity index (χ3v) is 3.80. The molecule has 0 unspecified atom stereocenters. The molecule has 0 radical (unpaired) electrons. The van der Waals surface area contributed by atoms with Crippen molar-refractivity contribution in [2.45, 2.75) is 6.42 Å². The third kappa shape index (κ3) is 2.01. The molecule has 1 aliphatic rings. The van der Waals surface area contributed by atoms with E-state index in [1.807, 2.05) is 0 Å². The molecule has 0 bridgehead atoms. The van der Waals surface area contributed by atoms with Crippen LogP contribution >= 0.6 is 0 Å². The number of fused-ring (bicyclic) bond motifs is 3. The van der Waals surface area contributed by atoms with Gasteiger partial charge in [-0.05, 0) is 40.8 Å². The normalized spacial score (nSPS) is 11.8. The highest BCUT2D eigenvalue weighted by Crippen LogP contribution is 2.38. The fourth-order valence-corrected chi connectivity index (χ4v) is 2.80. The predicted octanol–water partition coefficient (Wildman–Crippen LogP) is 3.37. The zero-order valence-electron chi connectivity index (χ0n) is 11.4. The van der Waals surface area contributed by atoms with Crippen LogP contribution in [-0.2, 0) is 6.42 Å². The topological polar surface area (TPSA) is 63.8 Å². The van der Waals surface area contributed by atoms with Gasteiger partial charge in [0, 0.05) is 5.69 Å². The summed E-state index contributed by atoms with van der Waals surface area (Å²) >= 11 is 0. The summed E-state index contributed by atoms with van der Waals surface area (Å²) in [6.07, 6.45) is 4.06. The van der Waals surface area contributed by atoms with Crippen LogP contribution in [-0.4, -0.2) is 9.97 Å². The number of rotatable bonds is 2. The van der Waals surface area contributed by atoms with Crippen LogP contribution in [0.5, 0.6) is 0 Å². The van der Waals surface area contributed by atoms with Gasteiger partial charge in [0.2, 0.25) is 0 Å². The van der Waals surface area contributed by atoms with Gasteiger partial charge in [-0.3, -0.25) is 0 Å². The molecule has 3 N–H and O–H groups in total. The van der Waals surface area contributed by atoms with E-state index in [-0.39, 0.29) is 0 Å². The van der Waals surface area contributed by atoms with Crippen molar-refractivity contribution in [3.8, 4) is 11.1 Å². The van der Waals surface area contributed by atoms with Gasteiger partial charge in [-0.2, -0.15) is 0 Å². The molecule has 0 aliphatic heterocycles. The number of benzene rings is 2. The van der Waals surface area contributed by atoms with Gasteiger partial charge < -0.3 is 11.1 Å². The van der Waals surface area contributed by atoms with Crippen molar-refractivity contribution in [3.63, 3.8) is 0 Å². The van der Waals surface area contributed by atoms with Gasteiger partial charge in [-0.1, -0.05) is 30.3 Å². The SMILES string of the molecule is Nc1cncnc1Nc1ccc2c(c1)Cc1ccccc1-2. The number of nitrogens with zero attached hydrogens (tertiary/aromatic N) is 2. The second kappa shape index (κ2) is 4.59. The number of nitrogens with two attached hydrogens (primary N) is 1. The number of nitrogens with one attached hydrogen (secondary N) is 1. The first kappa shape index (κ1) is 11.9. The van der Waals surface area contributed by atoms with E-state index in [1.54, 1.807) is 6.20 Å². The Morgan fingerprint density at radius 3 is 2.76 bits per heavy atom. The van der Waals surface area contributed by atoms with Crippen molar-refractivity contribution in [1.82, 2.24) is 9.97 Å². The zero-order valence-corrected chi connectivity index (χ0v) is 11.4. The summed E-state index contributed by atoms with van der Waals surface area (Å²) in [7, 11) is 0. The van der Waals surface area contributed by atoms with Crippen LogP contribution in [0.2, 0.25) is 0 Å². The van der Waals surface area contributed by atoms with Gasteiger partial charge in [0.1, 0.15) is 6.33 Å². The summed E-state index contributed by atoms with van der Waals surface area (Å²) in [6, 6.07) is 14.9. The molecule has 102 valence electrons. The molecule has 0 fully saturated rings. The van der Waals surface area contributed by atoms with Crippen LogP contribution in [0.15, 0.2) is 55.0 Å². The summed E-state index contributed by atoms with van der Waals surface area (Å²) in [5.41, 5.74) is 12.8. The first-order valence-corrected chi connectivity index (χ1v) is 6.85. The molecule has 0 atom stereocenters. The Hall–Kier alpha value is -2.88. The van der Waals surface area contributed by atoms with E-state index in [0.717, 1.165) is 12.1 Å². The second-order valence-electron chi connectivity index (χ2n) is 5.16. The molecule has 0 saturated heterocycles. The van der Waals surface area contributed by atoms with E-state index in [4.69, 9.17) is 5.73 Å². The van der Waals surface area contributed by atoms with Gasteiger partial charge in [-0.15, -0.1) is 0 Å². The van der Waals surface area contributed by atoms with E-state index in [9.17, 15) is 0 Å². The number of aromatic nitrogens is 2. The van der Waals surface area contributed by atoms with E-state index >= 15 is 0 Å². The molecule has 0 spiro atoms. The Kier molecular flexibility index (Phi) is 2.60. The molecule has 0 amide bonds. The fourth-order valence-electron chi connectivity index (χ4n) is 2.80. The van der Waals surface area contributed by atoms with Gasteiger partial charge >= 0.3 is 0 Å². The molecule has 4 heteroatoms. The first-order chi connectivity index (χ1) is 10.3. The largest absolute Gasteiger partial charge is 0.394 e. The first-order valence-electron chi connectivity index (χ1n) is 6.85. The van der Waals surface area contributed by atoms with Crippen LogP contribution in [0, 0.1) is 0 Å². The monoisotopic (exact) mass is 274 g/mol. The molecule has 1 aromatic heterocycles. The Balaban J connectivity index is 1.69. The van der Waals surface area contributed by atoms with E-state index in [0.29, 0.717) is 11.5 Å². The third-order valence-electron chi connectivity index (χ3n) is 3.80. The van der Waals surface area contributed by atoms with Gasteiger partial charge in [0.25, 0.3) is 0 Å². The summed E-state index contributed by atoms with van der Waals surface area (Å²) in [5, 5.41) is 3.25. The molecule has 21 heavy (non-hydrogen) atoms. The molecule has 0 saturated carbocycles. The lowest BCUT2D eigenvalue weighted by atomic mass is 10.1. The quantitative estimate of drug-likeness (QED) is 0.588. The highest BCUT2D eigenvalue weighted by Gasteiger charge is 2.17. The minimum Gasteiger partial charge on any atom is -0.394 e. The Morgan fingerprint density at radius 1 is 1.00 bits per heavy atom. The van der Waals surface area contributed by atoms with E-state index in [2.05, 4.69) is 57.7 Å². The van der Waals surface area contributed by atoms with Crippen molar-refractivity contribution in [2.75, 3.05) is 11.1 Å². The standard InChI is InChI=1S/C17H14N4/c18-16-9-19-10-20-17(16)21-13-5-6-15-12(8-13)7-11-3-1-2-4-14(11)15/h1-6,8-10H,7,18H2,(H,19,20,21). The molecule has 1 aliphatic carbocycles. The number of hydrogen-bond acceptors (Lipinski definition) is 4. The Morgan fingerprint density at radius 2 is 1.86 bits per heavy atom. The number of anilines is 3. The summed E-state index contributed by atoms with van der Waals surface area (Å²) in [4.78, 5) is 8.05. The fraction of sp³-hybridized carbons (Fsp3) is 0.0588. The molecular formula is C17H14N4. The summed E-state index contributed by atoms with van der Waals surface area (Å²) in [5.74, 6) is 0.639. The van der Waals surface area contributed by atoms with Crippen molar-refractivity contribution < 1.29 is 0 Å². The maximum absolute atomic E-state index is 5.86. The van der Waals surface area contributed by atoms with Crippen molar-refractivity contribution in [1.29, 1.82) is 0 Å². The lowest BCUT2D eigenvalue weighted by Crippen LogP contribution is -2.00. The zero-order chi connectivity index (χ0) is 14.2. The molecule has 1 heterocycles. The van der Waals surface area contributed by atoms with Crippen LogP contribution in [0.4, 0.5) is 17.2 Å². The molecule has 4 rings (SSSR count). The Bertz CT molecular complexity index is 827. The van der Waals surface area contributed by atoms with Crippen LogP contribution in [0.3, 0.4) is 0 Å². The number of hydrogen-bond donors (Lipinski definition) is 2. The average molecular weight is 274 g/mol. The van der Waals surface area contributed by atoms with Gasteiger partial charge in [0.15, 0.2) is 5.82 Å². The van der Waals surface area contributed by atoms with Crippen LogP contribution < -0.4 is 11.1 Å². The highest BCUT2D eigenvalue weighted by atomic mass is 15.0. The van der Waals surface area contributed by atoms with Crippen molar-refractivity contribution >= 4 is 17.2 Å². The molecule has 3 aromatic rings. The minimum atomic E-state index is 0.543. The Labute approximate surface area is 122 Å². The smallest absolute Gasteiger partial charge is 0.157 e. The minimum absolute atomic E-state index is 0.543. The lowest BCUT2D eigenvalue weighted by molar-refractivity contribution is 1.17. The predicted molar refractivity (Wildman–Crippen MR) is 84.4 cm³/mol. The van der Waals surface area contributed by atoms with Crippen molar-refractivity contribution in [2.24, 2.45) is 0 Å². The highest BCUT2D eigenvalue weighted by molar-refractivity contribution is 5.79. The maximum Gasteiger partial charge on any atom is 0.157 e. The molecular weight excluding hydrogens is 260 g/mol. The summed E-state index contributed by atoms with van der Waals surface area (Å²) < 4.78 is 0. The van der Waals surface area contributed by atoms with Crippen molar-refractivity contribution in [3.05, 3.63) is 66.1 Å². The molecule has 4 nitrogen and oxygen atoms in total. The van der Waals surface area contributed by atoms with Crippen LogP contribution in [0.25, 0.3) is 11.1 Å². The average Bonchev–Trinajstić information content (AvgIpc) is 2.87. The van der Waals surface area contributed by atoms with Gasteiger partial charge in [0.05, 0.1) is 11.9 Å². The maximum atomic E-state index is 5.86. The van der Waals surface area contributed by atoms with Gasteiger partial charge in [-0.25, -0.2) is 9.97 Å².